The van der Waals surface area contributed by atoms with E-state index in [1.54, 1.807) is 12.1 Å². The zero-order valence-electron chi connectivity index (χ0n) is 11.4. The van der Waals surface area contributed by atoms with E-state index < -0.39 is 10.1 Å². The van der Waals surface area contributed by atoms with Crippen LogP contribution in [-0.4, -0.2) is 20.7 Å². The Bertz CT molecular complexity index is 734. The molecule has 0 amide bonds. The third-order valence-corrected chi connectivity index (χ3v) is 4.14. The molecule has 21 heavy (non-hydrogen) atoms. The molecule has 110 valence electrons. The van der Waals surface area contributed by atoms with Gasteiger partial charge in [-0.05, 0) is 43.3 Å². The summed E-state index contributed by atoms with van der Waals surface area (Å²) in [6, 6.07) is 12.2. The van der Waals surface area contributed by atoms with Gasteiger partial charge < -0.3 is 9.92 Å². The first-order valence-corrected chi connectivity index (χ1v) is 7.68. The summed E-state index contributed by atoms with van der Waals surface area (Å²) in [5, 5.41) is 0. The number of carbonyl (C=O) groups is 1. The summed E-state index contributed by atoms with van der Waals surface area (Å²) in [7, 11) is -3.88. The highest BCUT2D eigenvalue weighted by Gasteiger charge is 2.16. The van der Waals surface area contributed by atoms with Gasteiger partial charge in [0.05, 0.1) is 6.54 Å². The van der Waals surface area contributed by atoms with Gasteiger partial charge in [-0.3, -0.25) is 4.79 Å². The molecule has 2 rings (SSSR count). The first kappa shape index (κ1) is 15.2. The smallest absolute Gasteiger partial charge is 0.339 e. The van der Waals surface area contributed by atoms with Crippen molar-refractivity contribution < 1.29 is 17.4 Å². The van der Waals surface area contributed by atoms with Gasteiger partial charge in [0.15, 0.2) is 5.78 Å². The van der Waals surface area contributed by atoms with E-state index in [0.29, 0.717) is 5.56 Å². The molecule has 6 heteroatoms. The Morgan fingerprint density at radius 2 is 1.62 bits per heavy atom. The van der Waals surface area contributed by atoms with Crippen LogP contribution in [0.25, 0.3) is 0 Å². The molecule has 0 heterocycles. The van der Waals surface area contributed by atoms with Gasteiger partial charge in [-0.2, -0.15) is 8.42 Å². The third-order valence-electron chi connectivity index (χ3n) is 2.88. The number of carbonyl (C=O) groups excluding carboxylic acids is 1. The van der Waals surface area contributed by atoms with Crippen molar-refractivity contribution in [1.82, 2.24) is 0 Å². The van der Waals surface area contributed by atoms with Gasteiger partial charge in [0.2, 0.25) is 0 Å². The van der Waals surface area contributed by atoms with E-state index in [0.717, 1.165) is 5.56 Å². The van der Waals surface area contributed by atoms with Gasteiger partial charge in [0.25, 0.3) is 0 Å². The highest BCUT2D eigenvalue weighted by molar-refractivity contribution is 7.87. The quantitative estimate of drug-likeness (QED) is 0.673. The standard InChI is InChI=1S/C15H15NO4S/c1-11-2-8-14(9-3-11)21(18,19)20-13-6-4-12(5-7-13)15(17)10-16/h2-9H,10,16H2,1H3. The molecular formula is C15H15NO4S. The summed E-state index contributed by atoms with van der Waals surface area (Å²) >= 11 is 0. The third kappa shape index (κ3) is 3.68. The van der Waals surface area contributed by atoms with Gasteiger partial charge in [-0.15, -0.1) is 0 Å². The molecule has 0 aliphatic carbocycles. The Morgan fingerprint density at radius 3 is 2.14 bits per heavy atom. The van der Waals surface area contributed by atoms with Crippen molar-refractivity contribution in [1.29, 1.82) is 0 Å². The summed E-state index contributed by atoms with van der Waals surface area (Å²) in [5.74, 6) is -0.0768. The molecule has 0 aliphatic heterocycles. The molecular weight excluding hydrogens is 290 g/mol. The van der Waals surface area contributed by atoms with Crippen LogP contribution in [0.15, 0.2) is 53.4 Å². The van der Waals surface area contributed by atoms with Crippen molar-refractivity contribution >= 4 is 15.9 Å². The molecule has 2 N–H and O–H groups in total. The number of ketones is 1. The molecule has 0 spiro atoms. The lowest BCUT2D eigenvalue weighted by molar-refractivity contribution is 0.100. The predicted octanol–water partition coefficient (Wildman–Crippen LogP) is 1.90. The largest absolute Gasteiger partial charge is 0.379 e. The van der Waals surface area contributed by atoms with Crippen LogP contribution in [-0.2, 0) is 10.1 Å². The lowest BCUT2D eigenvalue weighted by Crippen LogP contribution is -2.13. The molecule has 0 aromatic heterocycles. The van der Waals surface area contributed by atoms with Gasteiger partial charge in [0.1, 0.15) is 10.6 Å². The minimum absolute atomic E-state index is 0.0789. The van der Waals surface area contributed by atoms with Crippen LogP contribution < -0.4 is 9.92 Å². The van der Waals surface area contributed by atoms with E-state index in [-0.39, 0.29) is 23.0 Å². The van der Waals surface area contributed by atoms with Crippen LogP contribution in [0.1, 0.15) is 15.9 Å². The number of benzene rings is 2. The second kappa shape index (κ2) is 6.07. The summed E-state index contributed by atoms with van der Waals surface area (Å²) < 4.78 is 29.2. The molecule has 0 fully saturated rings. The Morgan fingerprint density at radius 1 is 1.05 bits per heavy atom. The monoisotopic (exact) mass is 305 g/mol. The number of rotatable bonds is 5. The molecule has 5 nitrogen and oxygen atoms in total. The maximum absolute atomic E-state index is 12.1. The molecule has 0 radical (unpaired) electrons. The van der Waals surface area contributed by atoms with Crippen LogP contribution in [0.3, 0.4) is 0 Å². The average Bonchev–Trinajstić information content (AvgIpc) is 2.47. The van der Waals surface area contributed by atoms with Gasteiger partial charge in [-0.1, -0.05) is 17.7 Å². The molecule has 0 atom stereocenters. The SMILES string of the molecule is Cc1ccc(S(=O)(=O)Oc2ccc(C(=O)CN)cc2)cc1. The van der Waals surface area contributed by atoms with E-state index in [1.165, 1.54) is 36.4 Å². The van der Waals surface area contributed by atoms with Crippen molar-refractivity contribution in [2.75, 3.05) is 6.54 Å². The summed E-state index contributed by atoms with van der Waals surface area (Å²) in [6.07, 6.45) is 0. The Labute approximate surface area is 123 Å². The second-order valence-corrected chi connectivity index (χ2v) is 6.05. The number of Topliss-reactive ketones (excluding diaryl/α,β-unsaturated/α-hetero) is 1. The highest BCUT2D eigenvalue weighted by Crippen LogP contribution is 2.19. The maximum Gasteiger partial charge on any atom is 0.339 e. The van der Waals surface area contributed by atoms with Crippen molar-refractivity contribution in [2.24, 2.45) is 5.73 Å². The van der Waals surface area contributed by atoms with Gasteiger partial charge in [0, 0.05) is 5.56 Å². The molecule has 0 aliphatic rings. The topological polar surface area (TPSA) is 86.5 Å². The lowest BCUT2D eigenvalue weighted by atomic mass is 10.1. The van der Waals surface area contributed by atoms with Crippen LogP contribution in [0.4, 0.5) is 0 Å². The Kier molecular flexibility index (Phi) is 4.40. The fraction of sp³-hybridized carbons (Fsp3) is 0.133. The summed E-state index contributed by atoms with van der Waals surface area (Å²) in [5.41, 5.74) is 6.63. The number of aryl methyl sites for hydroxylation is 1. The van der Waals surface area contributed by atoms with Crippen LogP contribution >= 0.6 is 0 Å². The van der Waals surface area contributed by atoms with Crippen molar-refractivity contribution in [3.63, 3.8) is 0 Å². The van der Waals surface area contributed by atoms with Crippen molar-refractivity contribution in [3.8, 4) is 5.75 Å². The minimum Gasteiger partial charge on any atom is -0.379 e. The average molecular weight is 305 g/mol. The van der Waals surface area contributed by atoms with Crippen LogP contribution in [0.5, 0.6) is 5.75 Å². The Hall–Kier alpha value is -2.18. The Balaban J connectivity index is 2.20. The molecule has 2 aromatic carbocycles. The fourth-order valence-electron chi connectivity index (χ4n) is 1.69. The molecule has 0 bridgehead atoms. The van der Waals surface area contributed by atoms with E-state index >= 15 is 0 Å². The lowest BCUT2D eigenvalue weighted by Gasteiger charge is -2.07. The second-order valence-electron chi connectivity index (χ2n) is 4.50. The minimum atomic E-state index is -3.88. The fourth-order valence-corrected chi connectivity index (χ4v) is 2.62. The first-order chi connectivity index (χ1) is 9.92. The number of hydrogen-bond acceptors (Lipinski definition) is 5. The van der Waals surface area contributed by atoms with E-state index in [9.17, 15) is 13.2 Å². The van der Waals surface area contributed by atoms with E-state index in [4.69, 9.17) is 9.92 Å². The van der Waals surface area contributed by atoms with Crippen molar-refractivity contribution in [2.45, 2.75) is 11.8 Å². The maximum atomic E-state index is 12.1. The van der Waals surface area contributed by atoms with Crippen LogP contribution in [0.2, 0.25) is 0 Å². The van der Waals surface area contributed by atoms with Gasteiger partial charge >= 0.3 is 10.1 Å². The van der Waals surface area contributed by atoms with Crippen molar-refractivity contribution in [3.05, 3.63) is 59.7 Å². The van der Waals surface area contributed by atoms with Crippen LogP contribution in [0, 0.1) is 6.92 Å². The first-order valence-electron chi connectivity index (χ1n) is 6.27. The van der Waals surface area contributed by atoms with Gasteiger partial charge in [-0.25, -0.2) is 0 Å². The van der Waals surface area contributed by atoms with E-state index in [1.807, 2.05) is 6.92 Å². The summed E-state index contributed by atoms with van der Waals surface area (Å²) in [4.78, 5) is 11.5. The molecule has 2 aromatic rings. The number of hydrogen-bond donors (Lipinski definition) is 1. The highest BCUT2D eigenvalue weighted by atomic mass is 32.2. The zero-order chi connectivity index (χ0) is 15.5. The zero-order valence-corrected chi connectivity index (χ0v) is 12.3. The molecule has 0 saturated heterocycles. The normalized spacial score (nSPS) is 11.1. The summed E-state index contributed by atoms with van der Waals surface area (Å²) in [6.45, 7) is 1.77. The molecule has 0 saturated carbocycles. The number of nitrogens with two attached hydrogens (primary N) is 1. The molecule has 0 unspecified atom stereocenters. The predicted molar refractivity (Wildman–Crippen MR) is 78.8 cm³/mol. The van der Waals surface area contributed by atoms with E-state index in [2.05, 4.69) is 0 Å².